The number of aromatic nitrogens is 6. The van der Waals surface area contributed by atoms with Crippen molar-refractivity contribution in [2.75, 3.05) is 77.3 Å². The van der Waals surface area contributed by atoms with Crippen LogP contribution in [-0.4, -0.2) is 147 Å². The van der Waals surface area contributed by atoms with Crippen molar-refractivity contribution in [1.29, 1.82) is 0 Å². The molecule has 8 heterocycles. The molecule has 4 saturated heterocycles. The maximum atomic E-state index is 13.0. The Morgan fingerprint density at radius 3 is 1.27 bits per heavy atom. The second-order valence-electron chi connectivity index (χ2n) is 27.0. The summed E-state index contributed by atoms with van der Waals surface area (Å²) >= 11 is 0. The van der Waals surface area contributed by atoms with Gasteiger partial charge in [-0.15, -0.1) is 0 Å². The molecule has 4 aromatic carbocycles. The average Bonchev–Trinajstić information content (AvgIpc) is 1.57. The minimum absolute atomic E-state index is 0. The molecule has 4 aliphatic heterocycles. The van der Waals surface area contributed by atoms with Gasteiger partial charge in [0.15, 0.2) is 11.3 Å². The van der Waals surface area contributed by atoms with Gasteiger partial charge >= 0.3 is 5.97 Å². The van der Waals surface area contributed by atoms with E-state index >= 15 is 0 Å². The van der Waals surface area contributed by atoms with Crippen LogP contribution in [0.2, 0.25) is 0 Å². The first-order valence-electron chi connectivity index (χ1n) is 36.1. The monoisotopic (exact) mass is 1360 g/mol. The van der Waals surface area contributed by atoms with Crippen LogP contribution in [0.1, 0.15) is 144 Å². The van der Waals surface area contributed by atoms with Crippen molar-refractivity contribution >= 4 is 57.1 Å². The lowest BCUT2D eigenvalue weighted by molar-refractivity contribution is -0.141. The minimum Gasteiger partial charge on any atom is -0.481 e. The largest absolute Gasteiger partial charge is 0.481 e. The van der Waals surface area contributed by atoms with E-state index in [2.05, 4.69) is 159 Å². The number of ether oxygens (including phenoxy) is 2. The number of pyridine rings is 2. The predicted molar refractivity (Wildman–Crippen MR) is 399 cm³/mol. The number of likely N-dealkylation sites (tertiary alicyclic amines) is 2. The summed E-state index contributed by atoms with van der Waals surface area (Å²) in [5.41, 5.74) is 22.8. The molecule has 100 heavy (non-hydrogen) atoms. The zero-order valence-corrected chi connectivity index (χ0v) is 59.1. The van der Waals surface area contributed by atoms with Gasteiger partial charge in [-0.1, -0.05) is 106 Å². The Balaban J connectivity index is 0.000000193. The zero-order chi connectivity index (χ0) is 69.6. The lowest BCUT2D eigenvalue weighted by atomic mass is 9.89. The smallest absolute Gasteiger partial charge is 0.312 e. The number of nitrogens with two attached hydrogens (primary N) is 1. The fourth-order valence-corrected chi connectivity index (χ4v) is 13.9. The molecule has 21 heteroatoms. The van der Waals surface area contributed by atoms with Crippen molar-refractivity contribution in [1.82, 2.24) is 55.3 Å². The van der Waals surface area contributed by atoms with Gasteiger partial charge in [0.05, 0.1) is 34.5 Å². The van der Waals surface area contributed by atoms with Gasteiger partial charge in [-0.2, -0.15) is 10.2 Å². The predicted octanol–water partition coefficient (Wildman–Crippen LogP) is 11.5. The molecule has 8 N–H and O–H groups in total. The minimum atomic E-state index is -1.15. The molecular formula is C79H108N14O7. The van der Waals surface area contributed by atoms with Gasteiger partial charge < -0.3 is 56.7 Å². The van der Waals surface area contributed by atoms with E-state index in [9.17, 15) is 19.2 Å². The highest BCUT2D eigenvalue weighted by Crippen LogP contribution is 2.34. The molecule has 0 bridgehead atoms. The van der Waals surface area contributed by atoms with Crippen LogP contribution in [0.15, 0.2) is 109 Å². The maximum Gasteiger partial charge on any atom is 0.312 e. The van der Waals surface area contributed by atoms with Crippen molar-refractivity contribution in [3.05, 3.63) is 154 Å². The molecule has 0 aliphatic carbocycles. The number of nitrogens with zero attached hydrogens (tertiary/aromatic N) is 8. The Bertz CT molecular complexity index is 3970. The van der Waals surface area contributed by atoms with E-state index in [0.29, 0.717) is 45.7 Å². The van der Waals surface area contributed by atoms with Gasteiger partial charge in [-0.3, -0.25) is 19.2 Å². The van der Waals surface area contributed by atoms with E-state index in [0.717, 1.165) is 131 Å². The number of rotatable bonds is 25. The Morgan fingerprint density at radius 2 is 0.880 bits per heavy atom. The van der Waals surface area contributed by atoms with Crippen LogP contribution >= 0.6 is 0 Å². The number of hydrogen-bond acceptors (Lipinski definition) is 15. The summed E-state index contributed by atoms with van der Waals surface area (Å²) in [5.74, 6) is -0.724. The number of carboxylic acids is 1. The van der Waals surface area contributed by atoms with Crippen LogP contribution in [0.3, 0.4) is 0 Å². The number of carbonyl (C=O) groups excluding carboxylic acids is 3. The first-order valence-corrected chi connectivity index (χ1v) is 36.1. The number of carboxylic acid groups (broad SMARTS) is 1. The van der Waals surface area contributed by atoms with E-state index < -0.39 is 18.3 Å². The number of nitrogens with one attached hydrogen (secondary N) is 5. The SMILES string of the molecule is C.CCc1nc2c(cnn2CC)c(NC2CCOCC2)c1CNC(=O)CC(=O)NCc1cccc(-c2cccc(CC3CCN(C)CC3)c2)c1.CCc1nc2c(cnn2CC)c(NC2CCOCC2)c1CNC(=O)CC(=O)O.CN1CCC(Cc2cccc(-c3cccc(CN)c3)c2)CC1. The molecule has 21 nitrogen and oxygen atoms in total. The van der Waals surface area contributed by atoms with Crippen LogP contribution < -0.4 is 32.3 Å². The van der Waals surface area contributed by atoms with Crippen LogP contribution in [-0.2, 0) is 93.6 Å². The molecule has 0 unspecified atom stereocenters. The van der Waals surface area contributed by atoms with Gasteiger partial charge in [0, 0.05) is 100 Å². The number of hydrogen-bond donors (Lipinski definition) is 7. The van der Waals surface area contributed by atoms with Crippen molar-refractivity contribution < 1.29 is 33.8 Å². The quantitative estimate of drug-likeness (QED) is 0.0262. The summed E-state index contributed by atoms with van der Waals surface area (Å²) in [6.07, 6.45) is 15.4. The van der Waals surface area contributed by atoms with E-state index in [1.165, 1.54) is 91.7 Å². The van der Waals surface area contributed by atoms with E-state index in [-0.39, 0.29) is 50.8 Å². The summed E-state index contributed by atoms with van der Waals surface area (Å²) in [6.45, 7) is 18.7. The molecular weight excluding hydrogens is 1260 g/mol. The highest BCUT2D eigenvalue weighted by molar-refractivity contribution is 5.98. The summed E-state index contributed by atoms with van der Waals surface area (Å²) in [6, 6.07) is 35.2. The Hall–Kier alpha value is -8.60. The molecule has 0 atom stereocenters. The third-order valence-electron chi connectivity index (χ3n) is 19.7. The van der Waals surface area contributed by atoms with Crippen LogP contribution in [0.25, 0.3) is 44.3 Å². The summed E-state index contributed by atoms with van der Waals surface area (Å²) in [5, 5.41) is 35.7. The lowest BCUT2D eigenvalue weighted by Crippen LogP contribution is -2.32. The lowest BCUT2D eigenvalue weighted by Gasteiger charge is -2.29. The molecule has 0 saturated carbocycles. The summed E-state index contributed by atoms with van der Waals surface area (Å²) in [4.78, 5) is 63.2. The zero-order valence-electron chi connectivity index (χ0n) is 59.1. The second-order valence-corrected chi connectivity index (χ2v) is 27.0. The fourth-order valence-electron chi connectivity index (χ4n) is 13.9. The van der Waals surface area contributed by atoms with Crippen molar-refractivity contribution in [3.63, 3.8) is 0 Å². The van der Waals surface area contributed by atoms with Gasteiger partial charge in [0.2, 0.25) is 17.7 Å². The second kappa shape index (κ2) is 37.7. The third kappa shape index (κ3) is 21.0. The fraction of sp³-hybridized carbons (Fsp3) is 0.494. The molecule has 3 amide bonds. The first-order chi connectivity index (χ1) is 48.2. The Labute approximate surface area is 591 Å². The van der Waals surface area contributed by atoms with Crippen molar-refractivity contribution in [2.24, 2.45) is 17.6 Å². The van der Waals surface area contributed by atoms with E-state index in [1.54, 1.807) is 6.20 Å². The van der Waals surface area contributed by atoms with Crippen molar-refractivity contribution in [3.8, 4) is 22.3 Å². The molecule has 4 fully saturated rings. The van der Waals surface area contributed by atoms with Gasteiger partial charge in [0.1, 0.15) is 12.8 Å². The number of amides is 3. The number of fused-ring (bicyclic) bond motifs is 2. The van der Waals surface area contributed by atoms with Crippen LogP contribution in [0, 0.1) is 11.8 Å². The van der Waals surface area contributed by atoms with Crippen LogP contribution in [0.4, 0.5) is 11.4 Å². The molecule has 0 spiro atoms. The highest BCUT2D eigenvalue weighted by atomic mass is 16.5. The van der Waals surface area contributed by atoms with Crippen LogP contribution in [0.5, 0.6) is 0 Å². The van der Waals surface area contributed by atoms with Crippen molar-refractivity contribution in [2.45, 2.75) is 176 Å². The molecule has 0 radical (unpaired) electrons. The Kier molecular flexibility index (Phi) is 28.5. The number of aliphatic carboxylic acids is 1. The molecule has 4 aliphatic rings. The van der Waals surface area contributed by atoms with E-state index in [4.69, 9.17) is 30.3 Å². The standard InChI is InChI=1S/C39H51N7O3.C20H26N2.C19H27N5O4.CH4/c1-4-35-33(38(43-32-14-18-49-19-15-32)34-26-42-46(5-2)39(34)44-35)25-41-37(48)23-36(47)40-24-29-9-7-11-31(22-29)30-10-6-8-28(21-30)20-27-12-16-45(3)17-13-27;1-22-10-8-16(9-11-22)12-17-4-2-6-19(13-17)20-7-3-5-18(14-20)15-21;1-3-15-13(10-20-16(25)9-17(26)27)18(22-12-5-7-28-8-6-12)14-11-21-24(4-2)19(14)23-15;/h6-11,21-22,26-27,32H,4-5,12-20,23-25H2,1-3H3,(H,40,47)(H,41,48)(H,43,44);2-7,13-14,16H,8-12,15,21H2,1H3;11-12H,3-10H2,1-2H3,(H,20,25)(H,22,23)(H,26,27);1H4. The number of carbonyl (C=O) groups is 4. The number of benzene rings is 4. The highest BCUT2D eigenvalue weighted by Gasteiger charge is 2.26. The number of piperidine rings is 2. The maximum absolute atomic E-state index is 13.0. The molecule has 536 valence electrons. The van der Waals surface area contributed by atoms with Gasteiger partial charge in [-0.25, -0.2) is 19.3 Å². The average molecular weight is 1370 g/mol. The molecule has 8 aromatic rings. The first kappa shape index (κ1) is 75.6. The Morgan fingerprint density at radius 1 is 0.510 bits per heavy atom. The van der Waals surface area contributed by atoms with Gasteiger partial charge in [0.25, 0.3) is 0 Å². The summed E-state index contributed by atoms with van der Waals surface area (Å²) in [7, 11) is 4.43. The third-order valence-corrected chi connectivity index (χ3v) is 19.7. The normalized spacial score (nSPS) is 15.8. The molecule has 4 aromatic heterocycles. The van der Waals surface area contributed by atoms with E-state index in [1.807, 2.05) is 41.5 Å². The topological polar surface area (TPSA) is 261 Å². The number of anilines is 2. The number of aryl methyl sites for hydroxylation is 4. The molecule has 12 rings (SSSR count). The van der Waals surface area contributed by atoms with Gasteiger partial charge in [-0.05, 0) is 200 Å². The summed E-state index contributed by atoms with van der Waals surface area (Å²) < 4.78 is 14.8.